The van der Waals surface area contributed by atoms with E-state index in [0.717, 1.165) is 34.6 Å². The third kappa shape index (κ3) is 3.17. The van der Waals surface area contributed by atoms with Gasteiger partial charge in [-0.3, -0.25) is 9.79 Å². The fourth-order valence-corrected chi connectivity index (χ4v) is 5.37. The van der Waals surface area contributed by atoms with Crippen molar-refractivity contribution in [3.63, 3.8) is 0 Å². The number of benzene rings is 1. The summed E-state index contributed by atoms with van der Waals surface area (Å²) in [5.74, 6) is 2.71. The minimum absolute atomic E-state index is 0.109. The number of aromatic nitrogens is 2. The van der Waals surface area contributed by atoms with Gasteiger partial charge in [0.25, 0.3) is 11.8 Å². The minimum atomic E-state index is 0.109. The molecule has 1 fully saturated rings. The standard InChI is InChI=1S/C21H22N4O2S/c1-13-8-15(10-22-9-13)20-23-19(24-27-20)14-6-7-16-12-28-18-5-3-2-4-17(18)21(26)25(16)11-14/h2-5,8-9,13-14,16H,6-7,10-12H2,1H3. The summed E-state index contributed by atoms with van der Waals surface area (Å²) in [6.07, 6.45) is 5.99. The second kappa shape index (κ2) is 7.20. The Kier molecular flexibility index (Phi) is 4.55. The highest BCUT2D eigenvalue weighted by molar-refractivity contribution is 7.99. The molecular formula is C21H22N4O2S. The normalized spacial score (nSPS) is 27.0. The Labute approximate surface area is 168 Å². The zero-order chi connectivity index (χ0) is 19.1. The number of fused-ring (bicyclic) bond motifs is 2. The van der Waals surface area contributed by atoms with Crippen LogP contribution in [0.25, 0.3) is 5.57 Å². The zero-order valence-electron chi connectivity index (χ0n) is 15.7. The van der Waals surface area contributed by atoms with Gasteiger partial charge in [-0.1, -0.05) is 30.3 Å². The van der Waals surface area contributed by atoms with Crippen molar-refractivity contribution in [3.05, 3.63) is 47.6 Å². The van der Waals surface area contributed by atoms with Gasteiger partial charge in [0.1, 0.15) is 0 Å². The van der Waals surface area contributed by atoms with Crippen molar-refractivity contribution in [1.29, 1.82) is 0 Å². The maximum Gasteiger partial charge on any atom is 0.255 e. The third-order valence-electron chi connectivity index (χ3n) is 5.66. The van der Waals surface area contributed by atoms with E-state index in [1.165, 1.54) is 0 Å². The topological polar surface area (TPSA) is 71.6 Å². The van der Waals surface area contributed by atoms with Gasteiger partial charge in [-0.15, -0.1) is 11.8 Å². The highest BCUT2D eigenvalue weighted by atomic mass is 32.2. The second-order valence-electron chi connectivity index (χ2n) is 7.69. The Morgan fingerprint density at radius 2 is 2.14 bits per heavy atom. The monoisotopic (exact) mass is 394 g/mol. The summed E-state index contributed by atoms with van der Waals surface area (Å²) in [5.41, 5.74) is 1.79. The first-order chi connectivity index (χ1) is 13.7. The summed E-state index contributed by atoms with van der Waals surface area (Å²) in [7, 11) is 0. The molecule has 1 amide bonds. The van der Waals surface area contributed by atoms with E-state index >= 15 is 0 Å². The lowest BCUT2D eigenvalue weighted by atomic mass is 9.92. The Hall–Kier alpha value is -2.41. The maximum absolute atomic E-state index is 13.2. The molecule has 0 N–H and O–H groups in total. The number of aliphatic imine (C=N–C) groups is 1. The predicted molar refractivity (Wildman–Crippen MR) is 109 cm³/mol. The molecule has 0 saturated carbocycles. The lowest BCUT2D eigenvalue weighted by Gasteiger charge is -2.37. The van der Waals surface area contributed by atoms with Crippen LogP contribution in [0.5, 0.6) is 0 Å². The number of nitrogens with zero attached hydrogens (tertiary/aromatic N) is 4. The predicted octanol–water partition coefficient (Wildman–Crippen LogP) is 3.67. The molecule has 0 aliphatic carbocycles. The van der Waals surface area contributed by atoms with E-state index in [2.05, 4.69) is 28.1 Å². The molecule has 5 rings (SSSR count). The molecule has 3 unspecified atom stereocenters. The zero-order valence-corrected chi connectivity index (χ0v) is 16.6. The van der Waals surface area contributed by atoms with Crippen LogP contribution in [0.15, 0.2) is 44.8 Å². The van der Waals surface area contributed by atoms with Crippen LogP contribution in [-0.4, -0.2) is 52.0 Å². The van der Waals surface area contributed by atoms with Gasteiger partial charge in [-0.2, -0.15) is 4.98 Å². The third-order valence-corrected chi connectivity index (χ3v) is 6.88. The Balaban J connectivity index is 1.37. The fourth-order valence-electron chi connectivity index (χ4n) is 4.17. The van der Waals surface area contributed by atoms with Crippen molar-refractivity contribution in [2.45, 2.75) is 36.6 Å². The number of allylic oxidation sites excluding steroid dienone is 1. The number of dihydropyridines is 1. The van der Waals surface area contributed by atoms with E-state index in [9.17, 15) is 4.79 Å². The summed E-state index contributed by atoms with van der Waals surface area (Å²) in [4.78, 5) is 25.3. The lowest BCUT2D eigenvalue weighted by molar-refractivity contribution is 0.0611. The SMILES string of the molecule is CC1C=NCC(c2nc(C3CCC4CSc5ccccc5C(=O)N4C3)no2)=C1. The summed E-state index contributed by atoms with van der Waals surface area (Å²) in [6.45, 7) is 3.31. The van der Waals surface area contributed by atoms with Crippen LogP contribution < -0.4 is 0 Å². The molecule has 1 saturated heterocycles. The number of amides is 1. The van der Waals surface area contributed by atoms with Gasteiger partial charge in [0, 0.05) is 46.9 Å². The number of thioether (sulfide) groups is 1. The van der Waals surface area contributed by atoms with Crippen LogP contribution in [-0.2, 0) is 0 Å². The van der Waals surface area contributed by atoms with Gasteiger partial charge in [0.15, 0.2) is 5.82 Å². The number of rotatable bonds is 2. The molecule has 7 heteroatoms. The van der Waals surface area contributed by atoms with E-state index in [4.69, 9.17) is 4.52 Å². The van der Waals surface area contributed by atoms with Crippen molar-refractivity contribution < 1.29 is 9.32 Å². The number of hydrogen-bond donors (Lipinski definition) is 0. The molecule has 6 nitrogen and oxygen atoms in total. The van der Waals surface area contributed by atoms with E-state index in [-0.39, 0.29) is 23.8 Å². The van der Waals surface area contributed by atoms with E-state index in [1.807, 2.05) is 35.4 Å². The van der Waals surface area contributed by atoms with Crippen molar-refractivity contribution in [2.75, 3.05) is 18.8 Å². The van der Waals surface area contributed by atoms with Gasteiger partial charge >= 0.3 is 0 Å². The second-order valence-corrected chi connectivity index (χ2v) is 8.75. The molecule has 1 aromatic heterocycles. The molecule has 3 atom stereocenters. The van der Waals surface area contributed by atoms with Gasteiger partial charge in [-0.05, 0) is 25.0 Å². The highest BCUT2D eigenvalue weighted by Gasteiger charge is 2.37. The molecule has 28 heavy (non-hydrogen) atoms. The van der Waals surface area contributed by atoms with Gasteiger partial charge < -0.3 is 9.42 Å². The Morgan fingerprint density at radius 1 is 1.25 bits per heavy atom. The van der Waals surface area contributed by atoms with E-state index < -0.39 is 0 Å². The average Bonchev–Trinajstić information content (AvgIpc) is 3.17. The number of hydrogen-bond acceptors (Lipinski definition) is 6. The summed E-state index contributed by atoms with van der Waals surface area (Å²) in [6, 6.07) is 8.17. The quantitative estimate of drug-likeness (QED) is 0.777. The Morgan fingerprint density at radius 3 is 3.04 bits per heavy atom. The van der Waals surface area contributed by atoms with E-state index in [1.54, 1.807) is 11.8 Å². The van der Waals surface area contributed by atoms with Crippen LogP contribution in [0.1, 0.15) is 47.8 Å². The summed E-state index contributed by atoms with van der Waals surface area (Å²) >= 11 is 1.79. The van der Waals surface area contributed by atoms with Crippen LogP contribution in [0, 0.1) is 5.92 Å². The van der Waals surface area contributed by atoms with Crippen molar-refractivity contribution in [3.8, 4) is 0 Å². The smallest absolute Gasteiger partial charge is 0.255 e. The molecule has 144 valence electrons. The summed E-state index contributed by atoms with van der Waals surface area (Å²) < 4.78 is 5.54. The van der Waals surface area contributed by atoms with Crippen molar-refractivity contribution >= 4 is 29.5 Å². The van der Waals surface area contributed by atoms with Crippen molar-refractivity contribution in [2.24, 2.45) is 10.9 Å². The highest BCUT2D eigenvalue weighted by Crippen LogP contribution is 2.37. The molecule has 3 aliphatic heterocycles. The number of carbonyl (C=O) groups excluding carboxylic acids is 1. The lowest BCUT2D eigenvalue weighted by Crippen LogP contribution is -2.46. The first kappa shape index (κ1) is 17.7. The molecule has 0 spiro atoms. The first-order valence-corrected chi connectivity index (χ1v) is 10.7. The average molecular weight is 395 g/mol. The Bertz CT molecular complexity index is 967. The molecule has 3 aliphatic rings. The van der Waals surface area contributed by atoms with Crippen LogP contribution in [0.3, 0.4) is 0 Å². The number of piperidine rings is 1. The van der Waals surface area contributed by atoms with Crippen LogP contribution in [0.2, 0.25) is 0 Å². The van der Waals surface area contributed by atoms with Gasteiger partial charge in [0.05, 0.1) is 12.1 Å². The van der Waals surface area contributed by atoms with Gasteiger partial charge in [-0.25, -0.2) is 0 Å². The van der Waals surface area contributed by atoms with Crippen LogP contribution >= 0.6 is 11.8 Å². The van der Waals surface area contributed by atoms with Crippen molar-refractivity contribution in [1.82, 2.24) is 15.0 Å². The molecule has 4 heterocycles. The first-order valence-electron chi connectivity index (χ1n) is 9.76. The van der Waals surface area contributed by atoms with E-state index in [0.29, 0.717) is 24.8 Å². The molecule has 0 bridgehead atoms. The molecule has 2 aromatic rings. The number of carbonyl (C=O) groups is 1. The minimum Gasteiger partial charge on any atom is -0.334 e. The summed E-state index contributed by atoms with van der Waals surface area (Å²) in [5, 5.41) is 4.25. The fraction of sp³-hybridized carbons (Fsp3) is 0.429. The molecule has 0 radical (unpaired) electrons. The van der Waals surface area contributed by atoms with Gasteiger partial charge in [0.2, 0.25) is 0 Å². The molecule has 1 aromatic carbocycles. The molecular weight excluding hydrogens is 372 g/mol. The largest absolute Gasteiger partial charge is 0.334 e. The maximum atomic E-state index is 13.2. The van der Waals surface area contributed by atoms with Crippen LogP contribution in [0.4, 0.5) is 0 Å².